The highest BCUT2D eigenvalue weighted by Crippen LogP contribution is 2.30. The summed E-state index contributed by atoms with van der Waals surface area (Å²) in [4.78, 5) is -1.40. The first kappa shape index (κ1) is 21.0. The molecule has 136 valence electrons. The zero-order valence-electron chi connectivity index (χ0n) is 14.0. The molecule has 1 aromatic rings. The summed E-state index contributed by atoms with van der Waals surface area (Å²) in [6, 6.07) is 3.40. The van der Waals surface area contributed by atoms with Gasteiger partial charge in [-0.25, -0.2) is 17.2 Å². The fraction of sp³-hybridized carbons (Fsp3) is 0.467. The zero-order chi connectivity index (χ0) is 18.9. The molecule has 24 heavy (non-hydrogen) atoms. The van der Waals surface area contributed by atoms with Crippen LogP contribution in [0, 0.1) is 11.6 Å². The summed E-state index contributed by atoms with van der Waals surface area (Å²) in [6.45, 7) is 8.89. The van der Waals surface area contributed by atoms with Crippen LogP contribution in [0.1, 0.15) is 33.3 Å². The van der Waals surface area contributed by atoms with E-state index in [0.29, 0.717) is 0 Å². The minimum atomic E-state index is -3.94. The highest BCUT2D eigenvalue weighted by atomic mass is 32.2. The van der Waals surface area contributed by atoms with E-state index < -0.39 is 49.0 Å². The molecule has 0 radical (unpaired) electrons. The SMILES string of the molecule is C=C(C)[S+]([O-])N[C@@](C)(CS(=O)(=O)C(C)(C)N)c1cccc(F)c1F. The van der Waals surface area contributed by atoms with E-state index in [1.54, 1.807) is 0 Å². The molecule has 0 fully saturated rings. The van der Waals surface area contributed by atoms with Crippen LogP contribution in [0.25, 0.3) is 0 Å². The smallest absolute Gasteiger partial charge is 0.170 e. The molecule has 9 heteroatoms. The van der Waals surface area contributed by atoms with Crippen molar-refractivity contribution in [2.75, 3.05) is 5.75 Å². The first-order chi connectivity index (χ1) is 10.7. The van der Waals surface area contributed by atoms with E-state index in [4.69, 9.17) is 5.73 Å². The third-order valence-electron chi connectivity index (χ3n) is 3.46. The lowest BCUT2D eigenvalue weighted by Gasteiger charge is -2.33. The first-order valence-corrected chi connectivity index (χ1v) is 9.82. The van der Waals surface area contributed by atoms with Gasteiger partial charge in [0, 0.05) is 12.5 Å². The molecule has 0 saturated heterocycles. The fourth-order valence-corrected chi connectivity index (χ4v) is 4.17. The number of hydrogen-bond donors (Lipinski definition) is 2. The second kappa shape index (κ2) is 7.09. The van der Waals surface area contributed by atoms with Crippen molar-refractivity contribution in [1.29, 1.82) is 0 Å². The van der Waals surface area contributed by atoms with E-state index >= 15 is 0 Å². The van der Waals surface area contributed by atoms with E-state index in [-0.39, 0.29) is 10.5 Å². The third-order valence-corrected chi connectivity index (χ3v) is 7.29. The second-order valence-corrected chi connectivity index (χ2v) is 10.4. The van der Waals surface area contributed by atoms with E-state index in [1.807, 2.05) is 0 Å². The predicted molar refractivity (Wildman–Crippen MR) is 91.9 cm³/mol. The van der Waals surface area contributed by atoms with E-state index in [9.17, 15) is 21.8 Å². The van der Waals surface area contributed by atoms with Crippen LogP contribution in [-0.2, 0) is 26.7 Å². The largest absolute Gasteiger partial charge is 0.593 e. The van der Waals surface area contributed by atoms with Crippen molar-refractivity contribution in [2.24, 2.45) is 5.73 Å². The minimum Gasteiger partial charge on any atom is -0.593 e. The molecule has 0 heterocycles. The van der Waals surface area contributed by atoms with Gasteiger partial charge >= 0.3 is 0 Å². The van der Waals surface area contributed by atoms with Crippen LogP contribution in [0.15, 0.2) is 29.7 Å². The zero-order valence-corrected chi connectivity index (χ0v) is 15.7. The molecular formula is C15H22F2N2O3S2. The Labute approximate surface area is 144 Å². The molecule has 0 amide bonds. The molecule has 0 aliphatic carbocycles. The monoisotopic (exact) mass is 380 g/mol. The van der Waals surface area contributed by atoms with Crippen LogP contribution >= 0.6 is 0 Å². The van der Waals surface area contributed by atoms with E-state index in [1.165, 1.54) is 39.8 Å². The Morgan fingerprint density at radius 1 is 1.38 bits per heavy atom. The fourth-order valence-electron chi connectivity index (χ4n) is 1.95. The van der Waals surface area contributed by atoms with Crippen LogP contribution in [-0.4, -0.2) is 23.6 Å². The molecule has 0 saturated carbocycles. The van der Waals surface area contributed by atoms with Gasteiger partial charge in [0.2, 0.25) is 0 Å². The Morgan fingerprint density at radius 2 is 1.92 bits per heavy atom. The van der Waals surface area contributed by atoms with Gasteiger partial charge < -0.3 is 10.3 Å². The van der Waals surface area contributed by atoms with Crippen molar-refractivity contribution in [3.63, 3.8) is 0 Å². The van der Waals surface area contributed by atoms with Gasteiger partial charge in [-0.05, 0) is 33.4 Å². The van der Waals surface area contributed by atoms with Gasteiger partial charge in [-0.15, -0.1) is 4.72 Å². The molecule has 3 N–H and O–H groups in total. The molecule has 5 nitrogen and oxygen atoms in total. The van der Waals surface area contributed by atoms with Crippen molar-refractivity contribution in [3.8, 4) is 0 Å². The van der Waals surface area contributed by atoms with Crippen molar-refractivity contribution >= 4 is 21.2 Å². The van der Waals surface area contributed by atoms with Crippen LogP contribution in [0.3, 0.4) is 0 Å². The number of hydrogen-bond acceptors (Lipinski definition) is 5. The number of sulfone groups is 1. The highest BCUT2D eigenvalue weighted by Gasteiger charge is 2.43. The molecule has 1 rings (SSSR count). The number of nitrogens with one attached hydrogen (secondary N) is 1. The Kier molecular flexibility index (Phi) is 6.21. The number of rotatable bonds is 7. The summed E-state index contributed by atoms with van der Waals surface area (Å²) >= 11 is -1.86. The molecule has 0 aliphatic rings. The Morgan fingerprint density at radius 3 is 2.38 bits per heavy atom. The third kappa shape index (κ3) is 4.54. The van der Waals surface area contributed by atoms with Gasteiger partial charge in [0.1, 0.15) is 15.3 Å². The molecule has 0 bridgehead atoms. The summed E-state index contributed by atoms with van der Waals surface area (Å²) < 4.78 is 67.5. The average molecular weight is 380 g/mol. The summed E-state index contributed by atoms with van der Waals surface area (Å²) in [5, 5.41) is 0. The summed E-state index contributed by atoms with van der Waals surface area (Å²) in [7, 11) is -3.94. The quantitative estimate of drug-likeness (QED) is 0.706. The average Bonchev–Trinajstić information content (AvgIpc) is 2.39. The van der Waals surface area contributed by atoms with Crippen molar-refractivity contribution in [3.05, 3.63) is 46.9 Å². The summed E-state index contributed by atoms with van der Waals surface area (Å²) in [5.74, 6) is -3.02. The molecule has 0 spiro atoms. The topological polar surface area (TPSA) is 95.2 Å². The van der Waals surface area contributed by atoms with Gasteiger partial charge in [0.15, 0.2) is 21.5 Å². The van der Waals surface area contributed by atoms with Gasteiger partial charge in [0.05, 0.1) is 17.1 Å². The number of benzene rings is 1. The van der Waals surface area contributed by atoms with Gasteiger partial charge in [-0.2, -0.15) is 0 Å². The maximum atomic E-state index is 14.3. The van der Waals surface area contributed by atoms with Crippen molar-refractivity contribution in [2.45, 2.75) is 38.1 Å². The Bertz CT molecular complexity index is 733. The lowest BCUT2D eigenvalue weighted by atomic mass is 9.94. The van der Waals surface area contributed by atoms with E-state index in [0.717, 1.165) is 6.07 Å². The Balaban J connectivity index is 3.48. The molecule has 2 atom stereocenters. The molecule has 1 unspecified atom stereocenters. The van der Waals surface area contributed by atoms with Crippen LogP contribution in [0.5, 0.6) is 0 Å². The number of allylic oxidation sites excluding steroid dienone is 1. The lowest BCUT2D eigenvalue weighted by molar-refractivity contribution is 0.420. The van der Waals surface area contributed by atoms with Crippen LogP contribution in [0.2, 0.25) is 0 Å². The van der Waals surface area contributed by atoms with Crippen LogP contribution in [0.4, 0.5) is 8.78 Å². The van der Waals surface area contributed by atoms with E-state index in [2.05, 4.69) is 11.3 Å². The molecule has 0 aromatic heterocycles. The minimum absolute atomic E-state index is 0.211. The normalized spacial score (nSPS) is 16.5. The predicted octanol–water partition coefficient (Wildman–Crippen LogP) is 2.08. The number of halogens is 2. The first-order valence-electron chi connectivity index (χ1n) is 7.02. The Hall–Kier alpha value is -1.00. The van der Waals surface area contributed by atoms with Gasteiger partial charge in [-0.3, -0.25) is 0 Å². The van der Waals surface area contributed by atoms with Crippen LogP contribution < -0.4 is 10.5 Å². The molecular weight excluding hydrogens is 358 g/mol. The molecule has 0 aliphatic heterocycles. The summed E-state index contributed by atoms with van der Waals surface area (Å²) in [5.41, 5.74) is 3.75. The number of nitrogens with two attached hydrogens (primary N) is 1. The van der Waals surface area contributed by atoms with Crippen molar-refractivity contribution in [1.82, 2.24) is 4.72 Å². The second-order valence-electron chi connectivity index (χ2n) is 6.37. The van der Waals surface area contributed by atoms with Gasteiger partial charge in [-0.1, -0.05) is 12.1 Å². The summed E-state index contributed by atoms with van der Waals surface area (Å²) in [6.07, 6.45) is 0. The maximum Gasteiger partial charge on any atom is 0.170 e. The maximum absolute atomic E-state index is 14.3. The molecule has 1 aromatic carbocycles. The standard InChI is InChI=1S/C15H22F2N2O3S2/c1-10(2)23(20)19-15(5,9-24(21,22)14(3,4)18)11-7-6-8-12(16)13(11)17/h6-8,19H,1,9,18H2,2-5H3/t15-,23?/m0/s1. The highest BCUT2D eigenvalue weighted by molar-refractivity contribution is 7.94. The van der Waals surface area contributed by atoms with Gasteiger partial charge in [0.25, 0.3) is 0 Å². The van der Waals surface area contributed by atoms with Crippen molar-refractivity contribution < 1.29 is 21.8 Å². The lowest BCUT2D eigenvalue weighted by Crippen LogP contribution is -2.54.